The maximum atomic E-state index is 12.5. The van der Waals surface area contributed by atoms with E-state index in [1.165, 1.54) is 4.57 Å². The molecule has 8 nitrogen and oxygen atoms in total. The van der Waals surface area contributed by atoms with Gasteiger partial charge in [-0.1, -0.05) is 18.2 Å². The van der Waals surface area contributed by atoms with Crippen molar-refractivity contribution >= 4 is 17.5 Å². The van der Waals surface area contributed by atoms with E-state index in [4.69, 9.17) is 0 Å². The van der Waals surface area contributed by atoms with E-state index in [-0.39, 0.29) is 5.69 Å². The first-order valence-electron chi connectivity index (χ1n) is 7.81. The molecule has 0 bridgehead atoms. The Labute approximate surface area is 139 Å². The number of nitrogens with zero attached hydrogens (tertiary/aromatic N) is 5. The fraction of sp³-hybridized carbons (Fsp3) is 0.375. The molecule has 0 saturated carbocycles. The van der Waals surface area contributed by atoms with Crippen LogP contribution in [0.15, 0.2) is 35.1 Å². The normalized spacial score (nSPS) is 13.2. The van der Waals surface area contributed by atoms with Gasteiger partial charge >= 0.3 is 0 Å². The molecule has 1 aliphatic rings. The maximum Gasteiger partial charge on any atom is 0.286 e. The van der Waals surface area contributed by atoms with Crippen LogP contribution >= 0.6 is 0 Å². The first kappa shape index (κ1) is 16.1. The summed E-state index contributed by atoms with van der Waals surface area (Å²) in [5.41, 5.74) is 0.383. The van der Waals surface area contributed by atoms with Crippen molar-refractivity contribution in [3.63, 3.8) is 0 Å². The van der Waals surface area contributed by atoms with Crippen LogP contribution < -0.4 is 15.8 Å². The lowest BCUT2D eigenvalue weighted by Crippen LogP contribution is -2.37. The van der Waals surface area contributed by atoms with Crippen LogP contribution in [0.5, 0.6) is 0 Å². The highest BCUT2D eigenvalue weighted by molar-refractivity contribution is 5.91. The molecule has 0 saturated heterocycles. The minimum atomic E-state index is -0.484. The Kier molecular flexibility index (Phi) is 4.57. The average Bonchev–Trinajstić information content (AvgIpc) is 3.00. The van der Waals surface area contributed by atoms with Crippen LogP contribution in [-0.4, -0.2) is 59.3 Å². The lowest BCUT2D eigenvalue weighted by Gasteiger charge is -2.16. The van der Waals surface area contributed by atoms with Crippen LogP contribution in [0, 0.1) is 0 Å². The molecule has 8 heteroatoms. The number of rotatable bonds is 5. The van der Waals surface area contributed by atoms with Crippen molar-refractivity contribution in [3.05, 3.63) is 46.4 Å². The number of nitrogens with one attached hydrogen (secondary N) is 1. The van der Waals surface area contributed by atoms with Gasteiger partial charge in [0.25, 0.3) is 11.5 Å². The molecule has 2 aromatic rings. The first-order chi connectivity index (χ1) is 11.6. The summed E-state index contributed by atoms with van der Waals surface area (Å²) in [5, 5.41) is 10.7. The Morgan fingerprint density at radius 1 is 1.21 bits per heavy atom. The quantitative estimate of drug-likeness (QED) is 0.837. The fourth-order valence-corrected chi connectivity index (χ4v) is 2.58. The Balaban J connectivity index is 1.82. The molecule has 1 amide bonds. The third-order valence-corrected chi connectivity index (χ3v) is 3.84. The first-order valence-corrected chi connectivity index (χ1v) is 7.81. The molecule has 0 unspecified atom stereocenters. The van der Waals surface area contributed by atoms with E-state index in [0.29, 0.717) is 32.1 Å². The van der Waals surface area contributed by atoms with Gasteiger partial charge in [-0.05, 0) is 26.2 Å². The zero-order valence-corrected chi connectivity index (χ0v) is 13.8. The van der Waals surface area contributed by atoms with Gasteiger partial charge in [0.05, 0.1) is 0 Å². The lowest BCUT2D eigenvalue weighted by molar-refractivity contribution is 0.0942. The summed E-state index contributed by atoms with van der Waals surface area (Å²) in [6, 6.07) is 9.68. The maximum absolute atomic E-state index is 12.5. The van der Waals surface area contributed by atoms with Gasteiger partial charge in [-0.2, -0.15) is 0 Å². The highest BCUT2D eigenvalue weighted by Crippen LogP contribution is 2.25. The van der Waals surface area contributed by atoms with Crippen LogP contribution in [-0.2, 0) is 6.54 Å². The van der Waals surface area contributed by atoms with Crippen LogP contribution in [0.4, 0.5) is 11.6 Å². The van der Waals surface area contributed by atoms with Gasteiger partial charge in [0.15, 0.2) is 0 Å². The summed E-state index contributed by atoms with van der Waals surface area (Å²) < 4.78 is 1.50. The van der Waals surface area contributed by atoms with Crippen molar-refractivity contribution in [3.8, 4) is 0 Å². The average molecular weight is 328 g/mol. The smallest absolute Gasteiger partial charge is 0.286 e. The number of amides is 1. The highest BCUT2D eigenvalue weighted by Gasteiger charge is 2.26. The number of carbonyl (C=O) groups excluding carboxylic acids is 1. The highest BCUT2D eigenvalue weighted by atomic mass is 16.2. The number of hydrogen-bond acceptors (Lipinski definition) is 6. The number of likely N-dealkylation sites (N-methyl/N-ethyl adjacent to an activating group) is 1. The molecule has 1 aromatic carbocycles. The lowest BCUT2D eigenvalue weighted by atomic mass is 10.3. The molecule has 2 heterocycles. The molecule has 0 spiro atoms. The molecule has 1 aliphatic heterocycles. The SMILES string of the molecule is CN(C)CCNC(=O)c1nnc2n(c1=O)CCN2c1ccccc1. The number of fused-ring (bicyclic) bond motifs is 1. The third kappa shape index (κ3) is 3.13. The van der Waals surface area contributed by atoms with Gasteiger partial charge in [0, 0.05) is 31.9 Å². The zero-order valence-electron chi connectivity index (χ0n) is 13.8. The van der Waals surface area contributed by atoms with E-state index >= 15 is 0 Å². The van der Waals surface area contributed by atoms with E-state index in [1.54, 1.807) is 0 Å². The van der Waals surface area contributed by atoms with Crippen molar-refractivity contribution in [1.29, 1.82) is 0 Å². The predicted molar refractivity (Wildman–Crippen MR) is 90.6 cm³/mol. The number of benzene rings is 1. The van der Waals surface area contributed by atoms with E-state index in [9.17, 15) is 9.59 Å². The Bertz CT molecular complexity index is 787. The number of hydrogen-bond donors (Lipinski definition) is 1. The summed E-state index contributed by atoms with van der Waals surface area (Å²) in [5.74, 6) is -0.0150. The minimum Gasteiger partial charge on any atom is -0.349 e. The zero-order chi connectivity index (χ0) is 17.1. The van der Waals surface area contributed by atoms with Crippen LogP contribution in [0.2, 0.25) is 0 Å². The van der Waals surface area contributed by atoms with E-state index in [0.717, 1.165) is 5.69 Å². The summed E-state index contributed by atoms with van der Waals surface area (Å²) in [6.45, 7) is 2.24. The molecule has 126 valence electrons. The van der Waals surface area contributed by atoms with E-state index in [2.05, 4.69) is 15.5 Å². The fourth-order valence-electron chi connectivity index (χ4n) is 2.58. The molecule has 0 radical (unpaired) electrons. The molecular formula is C16H20N6O2. The van der Waals surface area contributed by atoms with Gasteiger partial charge < -0.3 is 15.1 Å². The van der Waals surface area contributed by atoms with Crippen LogP contribution in [0.1, 0.15) is 10.5 Å². The molecular weight excluding hydrogens is 308 g/mol. The van der Waals surface area contributed by atoms with Crippen molar-refractivity contribution in [2.75, 3.05) is 38.6 Å². The Morgan fingerprint density at radius 3 is 2.67 bits per heavy atom. The second kappa shape index (κ2) is 6.79. The molecule has 0 fully saturated rings. The van der Waals surface area contributed by atoms with Crippen LogP contribution in [0.3, 0.4) is 0 Å². The van der Waals surface area contributed by atoms with Crippen molar-refractivity contribution in [2.24, 2.45) is 0 Å². The largest absolute Gasteiger partial charge is 0.349 e. The molecule has 24 heavy (non-hydrogen) atoms. The summed E-state index contributed by atoms with van der Waals surface area (Å²) in [7, 11) is 3.82. The van der Waals surface area contributed by atoms with Crippen molar-refractivity contribution in [1.82, 2.24) is 25.0 Å². The monoisotopic (exact) mass is 328 g/mol. The summed E-state index contributed by atoms with van der Waals surface area (Å²) in [4.78, 5) is 28.5. The van der Waals surface area contributed by atoms with E-state index < -0.39 is 11.5 Å². The van der Waals surface area contributed by atoms with Gasteiger partial charge in [0.1, 0.15) is 0 Å². The predicted octanol–water partition coefficient (Wildman–Crippen LogP) is 0.0814. The summed E-state index contributed by atoms with van der Waals surface area (Å²) in [6.07, 6.45) is 0. The molecule has 1 N–H and O–H groups in total. The second-order valence-corrected chi connectivity index (χ2v) is 5.85. The van der Waals surface area contributed by atoms with Crippen molar-refractivity contribution in [2.45, 2.75) is 6.54 Å². The standard InChI is InChI=1S/C16H20N6O2/c1-20(2)9-8-17-14(23)13-15(24)22-11-10-21(16(22)19-18-13)12-6-4-3-5-7-12/h3-7H,8-11H2,1-2H3,(H,17,23). The Morgan fingerprint density at radius 2 is 1.96 bits per heavy atom. The molecule has 0 atom stereocenters. The third-order valence-electron chi connectivity index (χ3n) is 3.84. The minimum absolute atomic E-state index is 0.160. The van der Waals surface area contributed by atoms with Crippen molar-refractivity contribution < 1.29 is 4.79 Å². The van der Waals surface area contributed by atoms with Gasteiger partial charge in [0.2, 0.25) is 11.6 Å². The van der Waals surface area contributed by atoms with Gasteiger partial charge in [-0.3, -0.25) is 14.2 Å². The second-order valence-electron chi connectivity index (χ2n) is 5.85. The number of carbonyl (C=O) groups is 1. The summed E-state index contributed by atoms with van der Waals surface area (Å²) >= 11 is 0. The van der Waals surface area contributed by atoms with Gasteiger partial charge in [-0.25, -0.2) is 0 Å². The Hall–Kier alpha value is -2.74. The van der Waals surface area contributed by atoms with E-state index in [1.807, 2.05) is 54.2 Å². The number of anilines is 2. The molecule has 1 aromatic heterocycles. The van der Waals surface area contributed by atoms with Gasteiger partial charge in [-0.15, -0.1) is 10.2 Å². The topological polar surface area (TPSA) is 83.4 Å². The molecule has 0 aliphatic carbocycles. The molecule has 3 rings (SSSR count). The number of para-hydroxylation sites is 1. The number of aromatic nitrogens is 3. The van der Waals surface area contributed by atoms with Crippen LogP contribution in [0.25, 0.3) is 0 Å².